The first kappa shape index (κ1) is 24.6. The molecular formula is C30H27FN4OS. The summed E-state index contributed by atoms with van der Waals surface area (Å²) in [5.41, 5.74) is 5.22. The third kappa shape index (κ3) is 4.95. The largest absolute Gasteiger partial charge is 0.335 e. The molecule has 0 aliphatic carbocycles. The number of aldehydes is 1. The topological polar surface area (TPSA) is 59.8 Å². The lowest BCUT2D eigenvalue weighted by Gasteiger charge is -2.37. The highest BCUT2D eigenvalue weighted by Crippen LogP contribution is 2.46. The molecule has 1 unspecified atom stereocenters. The number of nitrogens with one attached hydrogen (secondary N) is 1. The van der Waals surface area contributed by atoms with Gasteiger partial charge in [0.25, 0.3) is 0 Å². The minimum Gasteiger partial charge on any atom is -0.335 e. The van der Waals surface area contributed by atoms with Gasteiger partial charge in [0.1, 0.15) is 12.1 Å². The van der Waals surface area contributed by atoms with Crippen LogP contribution in [0.15, 0.2) is 96.6 Å². The third-order valence-corrected chi connectivity index (χ3v) is 7.54. The molecule has 0 aliphatic heterocycles. The summed E-state index contributed by atoms with van der Waals surface area (Å²) in [6.07, 6.45) is 3.00. The van der Waals surface area contributed by atoms with Gasteiger partial charge in [-0.1, -0.05) is 56.8 Å². The van der Waals surface area contributed by atoms with Crippen molar-refractivity contribution in [3.63, 3.8) is 0 Å². The number of hydrogen-bond acceptors (Lipinski definition) is 5. The van der Waals surface area contributed by atoms with Crippen LogP contribution in [0.5, 0.6) is 0 Å². The first-order valence-electron chi connectivity index (χ1n) is 12.0. The Morgan fingerprint density at radius 2 is 1.86 bits per heavy atom. The van der Waals surface area contributed by atoms with Crippen molar-refractivity contribution < 1.29 is 9.18 Å². The summed E-state index contributed by atoms with van der Waals surface area (Å²) >= 11 is 1.46. The molecule has 37 heavy (non-hydrogen) atoms. The monoisotopic (exact) mass is 510 g/mol. The van der Waals surface area contributed by atoms with Gasteiger partial charge >= 0.3 is 0 Å². The number of anilines is 1. The van der Waals surface area contributed by atoms with Crippen molar-refractivity contribution in [3.8, 4) is 5.69 Å². The summed E-state index contributed by atoms with van der Waals surface area (Å²) in [6.45, 7) is 8.75. The Balaban J connectivity index is 1.52. The molecule has 5 aromatic rings. The van der Waals surface area contributed by atoms with Crippen LogP contribution >= 0.6 is 11.3 Å². The lowest BCUT2D eigenvalue weighted by molar-refractivity contribution is -0.107. The Hall–Kier alpha value is -4.10. The molecule has 186 valence electrons. The van der Waals surface area contributed by atoms with Crippen molar-refractivity contribution in [1.29, 1.82) is 0 Å². The summed E-state index contributed by atoms with van der Waals surface area (Å²) in [7, 11) is 0. The first-order chi connectivity index (χ1) is 17.9. The Bertz CT molecular complexity index is 1550. The van der Waals surface area contributed by atoms with Crippen molar-refractivity contribution in [2.24, 2.45) is 5.41 Å². The molecule has 0 spiro atoms. The fourth-order valence-corrected chi connectivity index (χ4v) is 5.45. The van der Waals surface area contributed by atoms with Crippen LogP contribution in [0.3, 0.4) is 0 Å². The number of hydrogen-bond donors (Lipinski definition) is 1. The van der Waals surface area contributed by atoms with E-state index in [2.05, 4.69) is 66.2 Å². The molecular weight excluding hydrogens is 483 g/mol. The molecule has 5 nitrogen and oxygen atoms in total. The van der Waals surface area contributed by atoms with Crippen molar-refractivity contribution in [2.75, 3.05) is 5.32 Å². The second-order valence-corrected chi connectivity index (χ2v) is 10.4. The Morgan fingerprint density at radius 1 is 1.11 bits per heavy atom. The number of allylic oxidation sites excluding steroid dienone is 1. The predicted octanol–water partition coefficient (Wildman–Crippen LogP) is 7.15. The molecule has 0 bridgehead atoms. The number of carbonyl (C=O) groups excluding carboxylic acids is 1. The molecule has 1 N–H and O–H groups in total. The smallest absolute Gasteiger partial charge is 0.187 e. The van der Waals surface area contributed by atoms with Gasteiger partial charge in [-0.05, 0) is 47.5 Å². The van der Waals surface area contributed by atoms with Gasteiger partial charge < -0.3 is 10.1 Å². The van der Waals surface area contributed by atoms with E-state index in [0.29, 0.717) is 6.42 Å². The zero-order valence-electron chi connectivity index (χ0n) is 20.7. The van der Waals surface area contributed by atoms with E-state index in [4.69, 9.17) is 0 Å². The summed E-state index contributed by atoms with van der Waals surface area (Å²) < 4.78 is 15.3. The molecule has 0 fully saturated rings. The van der Waals surface area contributed by atoms with E-state index in [0.717, 1.165) is 45.0 Å². The second kappa shape index (κ2) is 10.1. The third-order valence-electron chi connectivity index (χ3n) is 6.73. The average molecular weight is 511 g/mol. The van der Waals surface area contributed by atoms with Crippen molar-refractivity contribution in [1.82, 2.24) is 14.8 Å². The van der Waals surface area contributed by atoms with E-state index in [1.54, 1.807) is 12.1 Å². The van der Waals surface area contributed by atoms with Crippen molar-refractivity contribution in [2.45, 2.75) is 26.2 Å². The maximum Gasteiger partial charge on any atom is 0.187 e. The van der Waals surface area contributed by atoms with Crippen LogP contribution in [0, 0.1) is 11.2 Å². The highest BCUT2D eigenvalue weighted by molar-refractivity contribution is 7.13. The summed E-state index contributed by atoms with van der Waals surface area (Å²) in [5, 5.41) is 11.6. The minimum atomic E-state index is -0.404. The summed E-state index contributed by atoms with van der Waals surface area (Å²) in [4.78, 5) is 15.4. The molecule has 2 aromatic heterocycles. The molecule has 0 saturated heterocycles. The molecule has 0 amide bonds. The number of nitrogens with zero attached hydrogens (tertiary/aromatic N) is 3. The lowest BCUT2D eigenvalue weighted by Crippen LogP contribution is -2.28. The molecule has 1 atom stereocenters. The quantitative estimate of drug-likeness (QED) is 0.214. The number of benzene rings is 3. The Kier molecular flexibility index (Phi) is 6.72. The number of thiazole rings is 1. The highest BCUT2D eigenvalue weighted by Gasteiger charge is 2.35. The fourth-order valence-electron chi connectivity index (χ4n) is 4.70. The van der Waals surface area contributed by atoms with Crippen molar-refractivity contribution >= 4 is 33.7 Å². The van der Waals surface area contributed by atoms with Gasteiger partial charge in [0.2, 0.25) is 0 Å². The minimum absolute atomic E-state index is 0.0123. The molecule has 0 radical (unpaired) electrons. The molecule has 0 saturated carbocycles. The van der Waals surface area contributed by atoms with Gasteiger partial charge in [0.05, 0.1) is 23.1 Å². The number of carbonyl (C=O) groups is 1. The van der Waals surface area contributed by atoms with E-state index in [9.17, 15) is 9.18 Å². The average Bonchev–Trinajstić information content (AvgIpc) is 3.52. The van der Waals surface area contributed by atoms with E-state index in [1.807, 2.05) is 34.5 Å². The van der Waals surface area contributed by atoms with E-state index >= 15 is 0 Å². The van der Waals surface area contributed by atoms with E-state index in [1.165, 1.54) is 29.0 Å². The Morgan fingerprint density at radius 3 is 2.59 bits per heavy atom. The Labute approximate surface area is 219 Å². The van der Waals surface area contributed by atoms with Crippen LogP contribution in [-0.4, -0.2) is 21.1 Å². The van der Waals surface area contributed by atoms with E-state index < -0.39 is 5.41 Å². The molecule has 0 aliphatic rings. The van der Waals surface area contributed by atoms with Crippen LogP contribution in [0.25, 0.3) is 16.6 Å². The standard InChI is InChI=1S/C30H27FN4OS/c1-20(33-29-34-25(15-16-36)19-37-29)30(2,3)28(21-7-5-4-6-8-21)22-9-14-27-23(17-22)18-32-35(27)26-12-10-24(31)11-13-26/h4-14,16-19,28H,1,15H2,2-3H3,(H,33,34). The molecule has 2 heterocycles. The number of halogens is 1. The van der Waals surface area contributed by atoms with Crippen LogP contribution in [-0.2, 0) is 11.2 Å². The summed E-state index contributed by atoms with van der Waals surface area (Å²) in [6, 6.07) is 23.1. The predicted molar refractivity (Wildman–Crippen MR) is 148 cm³/mol. The van der Waals surface area contributed by atoms with Gasteiger partial charge in [0.15, 0.2) is 5.13 Å². The van der Waals surface area contributed by atoms with E-state index in [-0.39, 0.29) is 11.7 Å². The molecule has 5 rings (SSSR count). The normalized spacial score (nSPS) is 12.4. The van der Waals surface area contributed by atoms with Gasteiger partial charge in [0, 0.05) is 34.2 Å². The van der Waals surface area contributed by atoms with Gasteiger partial charge in [-0.3, -0.25) is 0 Å². The molecule has 3 aromatic carbocycles. The summed E-state index contributed by atoms with van der Waals surface area (Å²) in [5.74, 6) is -0.288. The van der Waals surface area contributed by atoms with Crippen LogP contribution in [0.2, 0.25) is 0 Å². The maximum atomic E-state index is 13.4. The second-order valence-electron chi connectivity index (χ2n) is 9.53. The van der Waals surface area contributed by atoms with Gasteiger partial charge in [-0.2, -0.15) is 5.10 Å². The number of aromatic nitrogens is 3. The fraction of sp³-hybridized carbons (Fsp3) is 0.167. The van der Waals surface area contributed by atoms with Gasteiger partial charge in [-0.25, -0.2) is 14.1 Å². The van der Waals surface area contributed by atoms with Gasteiger partial charge in [-0.15, -0.1) is 11.3 Å². The van der Waals surface area contributed by atoms with Crippen LogP contribution in [0.4, 0.5) is 9.52 Å². The molecule has 7 heteroatoms. The highest BCUT2D eigenvalue weighted by atomic mass is 32.1. The van der Waals surface area contributed by atoms with Crippen LogP contribution in [0.1, 0.15) is 36.6 Å². The zero-order valence-corrected chi connectivity index (χ0v) is 21.5. The zero-order chi connectivity index (χ0) is 26.0. The van der Waals surface area contributed by atoms with Crippen molar-refractivity contribution in [3.05, 3.63) is 119 Å². The lowest BCUT2D eigenvalue weighted by atomic mass is 9.69. The number of rotatable bonds is 9. The maximum absolute atomic E-state index is 13.4. The van der Waals surface area contributed by atoms with Crippen LogP contribution < -0.4 is 5.32 Å². The SMILES string of the molecule is C=C(Nc1nc(CC=O)cs1)C(C)(C)C(c1ccccc1)c1ccc2c(cnn2-c2ccc(F)cc2)c1. The first-order valence-corrected chi connectivity index (χ1v) is 12.9. The number of fused-ring (bicyclic) bond motifs is 1.